The highest BCUT2D eigenvalue weighted by molar-refractivity contribution is 7.93. The van der Waals surface area contributed by atoms with Gasteiger partial charge in [0.2, 0.25) is 0 Å². The van der Waals surface area contributed by atoms with Crippen LogP contribution in [0, 0.1) is 10.1 Å². The van der Waals surface area contributed by atoms with Gasteiger partial charge in [0.1, 0.15) is 0 Å². The molecular formula is C6H5N2O4S-. The summed E-state index contributed by atoms with van der Waals surface area (Å²) in [6.45, 7) is 0. The first kappa shape index (κ1) is 9.62. The molecule has 0 atom stereocenters. The van der Waals surface area contributed by atoms with E-state index in [1.54, 1.807) is 0 Å². The SMILES string of the molecule is [NH-]S(=O)(=O)c1ccc([N+](=O)[O-])cc1. The molecule has 0 bridgehead atoms. The Balaban J connectivity index is 3.16. The van der Waals surface area contributed by atoms with Gasteiger partial charge in [-0.2, -0.15) is 0 Å². The fourth-order valence-electron chi connectivity index (χ4n) is 0.747. The molecule has 1 rings (SSSR count). The van der Waals surface area contributed by atoms with Crippen molar-refractivity contribution in [2.45, 2.75) is 4.90 Å². The van der Waals surface area contributed by atoms with Gasteiger partial charge in [0.05, 0.1) is 14.9 Å². The Bertz CT molecular complexity index is 422. The van der Waals surface area contributed by atoms with Gasteiger partial charge in [-0.25, -0.2) is 8.42 Å². The molecule has 0 spiro atoms. The molecule has 0 aliphatic heterocycles. The van der Waals surface area contributed by atoms with Crippen LogP contribution in [0.15, 0.2) is 29.2 Å². The second-order valence-electron chi connectivity index (χ2n) is 2.25. The van der Waals surface area contributed by atoms with Crippen molar-refractivity contribution in [1.29, 1.82) is 0 Å². The fraction of sp³-hybridized carbons (Fsp3) is 0. The van der Waals surface area contributed by atoms with E-state index < -0.39 is 14.9 Å². The Morgan fingerprint density at radius 2 is 1.69 bits per heavy atom. The number of sulfonamides is 1. The largest absolute Gasteiger partial charge is 0.560 e. The van der Waals surface area contributed by atoms with Crippen LogP contribution in [0.3, 0.4) is 0 Å². The van der Waals surface area contributed by atoms with Crippen LogP contribution in [0.4, 0.5) is 5.69 Å². The van der Waals surface area contributed by atoms with E-state index in [0.717, 1.165) is 24.3 Å². The van der Waals surface area contributed by atoms with Gasteiger partial charge in [0.15, 0.2) is 0 Å². The summed E-state index contributed by atoms with van der Waals surface area (Å²) in [7, 11) is -4.02. The number of nitrogens with zero attached hydrogens (tertiary/aromatic N) is 1. The number of nitro groups is 1. The topological polar surface area (TPSA) is 101 Å². The zero-order chi connectivity index (χ0) is 10.1. The van der Waals surface area contributed by atoms with E-state index in [1.165, 1.54) is 0 Å². The normalized spacial score (nSPS) is 11.2. The van der Waals surface area contributed by atoms with Crippen LogP contribution >= 0.6 is 0 Å². The maximum Gasteiger partial charge on any atom is 0.269 e. The van der Waals surface area contributed by atoms with Crippen molar-refractivity contribution >= 4 is 15.7 Å². The molecule has 0 saturated carbocycles. The first-order valence-corrected chi connectivity index (χ1v) is 4.63. The summed E-state index contributed by atoms with van der Waals surface area (Å²) >= 11 is 0. The van der Waals surface area contributed by atoms with Crippen LogP contribution in [0.1, 0.15) is 0 Å². The maximum absolute atomic E-state index is 10.6. The average molecular weight is 201 g/mol. The number of benzene rings is 1. The minimum Gasteiger partial charge on any atom is -0.560 e. The minimum absolute atomic E-state index is 0.201. The lowest BCUT2D eigenvalue weighted by atomic mass is 10.3. The monoisotopic (exact) mass is 201 g/mol. The lowest BCUT2D eigenvalue weighted by Crippen LogP contribution is -1.93. The van der Waals surface area contributed by atoms with Crippen molar-refractivity contribution in [1.82, 2.24) is 0 Å². The zero-order valence-corrected chi connectivity index (χ0v) is 7.11. The van der Waals surface area contributed by atoms with Crippen LogP contribution < -0.4 is 0 Å². The summed E-state index contributed by atoms with van der Waals surface area (Å²) in [5.74, 6) is 0. The van der Waals surface area contributed by atoms with E-state index in [2.05, 4.69) is 0 Å². The van der Waals surface area contributed by atoms with E-state index in [-0.39, 0.29) is 10.6 Å². The third-order valence-electron chi connectivity index (χ3n) is 1.36. The van der Waals surface area contributed by atoms with E-state index in [9.17, 15) is 18.5 Å². The molecule has 0 fully saturated rings. The molecule has 7 heteroatoms. The summed E-state index contributed by atoms with van der Waals surface area (Å²) in [6.07, 6.45) is 0. The Morgan fingerprint density at radius 3 is 2.00 bits per heavy atom. The Labute approximate surface area is 74.2 Å². The maximum atomic E-state index is 10.6. The number of non-ortho nitro benzene ring substituents is 1. The molecule has 0 heterocycles. The third kappa shape index (κ3) is 2.23. The van der Waals surface area contributed by atoms with E-state index in [1.807, 2.05) is 0 Å². The van der Waals surface area contributed by atoms with Gasteiger partial charge >= 0.3 is 0 Å². The number of hydrogen-bond acceptors (Lipinski definition) is 4. The average Bonchev–Trinajstić information content (AvgIpc) is 2.03. The molecule has 0 radical (unpaired) electrons. The highest BCUT2D eigenvalue weighted by atomic mass is 32.2. The Morgan fingerprint density at radius 1 is 1.23 bits per heavy atom. The van der Waals surface area contributed by atoms with Gasteiger partial charge in [-0.1, -0.05) is 0 Å². The fourth-order valence-corrected chi connectivity index (χ4v) is 1.24. The number of rotatable bonds is 2. The lowest BCUT2D eigenvalue weighted by molar-refractivity contribution is -0.384. The van der Waals surface area contributed by atoms with Gasteiger partial charge in [-0.15, -0.1) is 0 Å². The van der Waals surface area contributed by atoms with Crippen molar-refractivity contribution in [3.05, 3.63) is 39.5 Å². The number of nitrogens with one attached hydrogen (secondary N) is 1. The summed E-state index contributed by atoms with van der Waals surface area (Å²) in [6, 6.07) is 4.14. The smallest absolute Gasteiger partial charge is 0.269 e. The third-order valence-corrected chi connectivity index (χ3v) is 2.25. The number of hydrogen-bond donors (Lipinski definition) is 0. The molecule has 1 N–H and O–H groups in total. The van der Waals surface area contributed by atoms with Gasteiger partial charge in [-0.3, -0.25) is 10.1 Å². The molecule has 1 aromatic rings. The first-order chi connectivity index (χ1) is 5.91. The molecule has 13 heavy (non-hydrogen) atoms. The molecule has 6 nitrogen and oxygen atoms in total. The Kier molecular flexibility index (Phi) is 2.30. The van der Waals surface area contributed by atoms with Gasteiger partial charge < -0.3 is 5.14 Å². The lowest BCUT2D eigenvalue weighted by Gasteiger charge is -2.03. The molecule has 0 unspecified atom stereocenters. The number of nitro benzene ring substituents is 1. The first-order valence-electron chi connectivity index (χ1n) is 3.15. The minimum atomic E-state index is -4.02. The molecule has 0 aliphatic rings. The quantitative estimate of drug-likeness (QED) is 0.532. The van der Waals surface area contributed by atoms with Crippen LogP contribution in [-0.2, 0) is 10.0 Å². The van der Waals surface area contributed by atoms with Crippen LogP contribution in [0.25, 0.3) is 5.14 Å². The van der Waals surface area contributed by atoms with Gasteiger partial charge in [0.25, 0.3) is 5.69 Å². The molecule has 0 aromatic heterocycles. The summed E-state index contributed by atoms with van der Waals surface area (Å²) in [4.78, 5) is 9.28. The highest BCUT2D eigenvalue weighted by Gasteiger charge is 2.06. The van der Waals surface area contributed by atoms with Crippen molar-refractivity contribution in [2.24, 2.45) is 0 Å². The van der Waals surface area contributed by atoms with Crippen molar-refractivity contribution in [2.75, 3.05) is 0 Å². The molecule has 0 aliphatic carbocycles. The molecule has 1 aromatic carbocycles. The second kappa shape index (κ2) is 3.11. The molecule has 70 valence electrons. The van der Waals surface area contributed by atoms with Crippen LogP contribution in [0.2, 0.25) is 0 Å². The molecular weight excluding hydrogens is 196 g/mol. The predicted molar refractivity (Wildman–Crippen MR) is 44.6 cm³/mol. The molecule has 0 amide bonds. The summed E-state index contributed by atoms with van der Waals surface area (Å²) in [5.41, 5.74) is -0.201. The standard InChI is InChI=1S/C6H5N2O4S/c7-13(11,12)6-3-1-5(2-4-6)8(9)10/h1-4H,(H-,7,11,12)/q-1. The van der Waals surface area contributed by atoms with Crippen LogP contribution in [-0.4, -0.2) is 13.3 Å². The van der Waals surface area contributed by atoms with Crippen molar-refractivity contribution < 1.29 is 13.3 Å². The zero-order valence-electron chi connectivity index (χ0n) is 6.30. The van der Waals surface area contributed by atoms with Crippen molar-refractivity contribution in [3.8, 4) is 0 Å². The Hall–Kier alpha value is -1.47. The van der Waals surface area contributed by atoms with Gasteiger partial charge in [0, 0.05) is 17.0 Å². The highest BCUT2D eigenvalue weighted by Crippen LogP contribution is 2.16. The summed E-state index contributed by atoms with van der Waals surface area (Å²) < 4.78 is 21.2. The van der Waals surface area contributed by atoms with Crippen LogP contribution in [0.5, 0.6) is 0 Å². The molecule has 0 saturated heterocycles. The van der Waals surface area contributed by atoms with E-state index in [0.29, 0.717) is 0 Å². The predicted octanol–water partition coefficient (Wildman–Crippen LogP) is 1.34. The van der Waals surface area contributed by atoms with Gasteiger partial charge in [-0.05, 0) is 12.1 Å². The van der Waals surface area contributed by atoms with E-state index in [4.69, 9.17) is 5.14 Å². The van der Waals surface area contributed by atoms with Crippen molar-refractivity contribution in [3.63, 3.8) is 0 Å². The second-order valence-corrected chi connectivity index (χ2v) is 3.73. The van der Waals surface area contributed by atoms with E-state index >= 15 is 0 Å². The summed E-state index contributed by atoms with van der Waals surface area (Å²) in [5, 5.41) is 16.8.